The zero-order valence-electron chi connectivity index (χ0n) is 12.1. The molecule has 3 aromatic rings. The van der Waals surface area contributed by atoms with Gasteiger partial charge in [-0.05, 0) is 36.1 Å². The lowest BCUT2D eigenvalue weighted by Gasteiger charge is -2.17. The first-order chi connectivity index (χ1) is 10.6. The molecule has 0 spiro atoms. The number of aromatic nitrogens is 1. The number of anilines is 1. The van der Waals surface area contributed by atoms with Gasteiger partial charge in [-0.25, -0.2) is 4.98 Å². The largest absolute Gasteiger partial charge is 0.394 e. The molecule has 0 aliphatic rings. The first-order valence-electron chi connectivity index (χ1n) is 7.18. The van der Waals surface area contributed by atoms with E-state index in [1.807, 2.05) is 25.1 Å². The minimum Gasteiger partial charge on any atom is -0.394 e. The van der Waals surface area contributed by atoms with Crippen molar-refractivity contribution >= 4 is 59.4 Å². The molecule has 1 atom stereocenters. The highest BCUT2D eigenvalue weighted by Gasteiger charge is 2.12. The zero-order chi connectivity index (χ0) is 15.7. The molecule has 0 bridgehead atoms. The molecule has 3 nitrogen and oxygen atoms in total. The highest BCUT2D eigenvalue weighted by molar-refractivity contribution is 9.10. The van der Waals surface area contributed by atoms with Crippen LogP contribution in [0.1, 0.15) is 13.3 Å². The Morgan fingerprint density at radius 2 is 1.73 bits per heavy atom. The summed E-state index contributed by atoms with van der Waals surface area (Å²) in [6.07, 6.45) is 0.837. The fourth-order valence-electron chi connectivity index (χ4n) is 2.53. The molecule has 2 N–H and O–H groups in total. The SMILES string of the molecule is CC[C@H](CO)Nc1nc2cc(Br)ccc2c2ccc(Br)cc12. The van der Waals surface area contributed by atoms with Gasteiger partial charge in [0.15, 0.2) is 0 Å². The van der Waals surface area contributed by atoms with Crippen LogP contribution in [-0.2, 0) is 0 Å². The van der Waals surface area contributed by atoms with E-state index in [9.17, 15) is 5.11 Å². The summed E-state index contributed by atoms with van der Waals surface area (Å²) < 4.78 is 2.02. The van der Waals surface area contributed by atoms with Crippen molar-refractivity contribution in [1.82, 2.24) is 4.98 Å². The molecule has 0 aliphatic heterocycles. The van der Waals surface area contributed by atoms with Gasteiger partial charge in [0.1, 0.15) is 5.82 Å². The van der Waals surface area contributed by atoms with Crippen molar-refractivity contribution in [2.45, 2.75) is 19.4 Å². The molecule has 0 saturated heterocycles. The monoisotopic (exact) mass is 422 g/mol. The summed E-state index contributed by atoms with van der Waals surface area (Å²) in [6, 6.07) is 12.3. The molecule has 1 heterocycles. The van der Waals surface area contributed by atoms with Crippen molar-refractivity contribution in [3.63, 3.8) is 0 Å². The van der Waals surface area contributed by atoms with Crippen LogP contribution in [0.2, 0.25) is 0 Å². The van der Waals surface area contributed by atoms with E-state index in [1.54, 1.807) is 0 Å². The molecule has 1 aromatic heterocycles. The first-order valence-corrected chi connectivity index (χ1v) is 8.77. The molecular formula is C17H16Br2N2O. The van der Waals surface area contributed by atoms with E-state index in [-0.39, 0.29) is 12.6 Å². The van der Waals surface area contributed by atoms with Crippen LogP contribution in [0, 0.1) is 0 Å². The van der Waals surface area contributed by atoms with E-state index in [0.29, 0.717) is 0 Å². The molecular weight excluding hydrogens is 408 g/mol. The van der Waals surface area contributed by atoms with Crippen LogP contribution in [0.3, 0.4) is 0 Å². The summed E-state index contributed by atoms with van der Waals surface area (Å²) in [7, 11) is 0. The van der Waals surface area contributed by atoms with E-state index in [0.717, 1.165) is 42.9 Å². The zero-order valence-corrected chi connectivity index (χ0v) is 15.3. The van der Waals surface area contributed by atoms with Gasteiger partial charge in [0.25, 0.3) is 0 Å². The number of hydrogen-bond donors (Lipinski definition) is 2. The van der Waals surface area contributed by atoms with Crippen LogP contribution in [0.15, 0.2) is 45.3 Å². The maximum atomic E-state index is 9.46. The summed E-state index contributed by atoms with van der Waals surface area (Å²) >= 11 is 7.03. The summed E-state index contributed by atoms with van der Waals surface area (Å²) in [5, 5.41) is 16.1. The number of nitrogens with zero attached hydrogens (tertiary/aromatic N) is 1. The minimum atomic E-state index is -0.000662. The van der Waals surface area contributed by atoms with Crippen molar-refractivity contribution in [3.8, 4) is 0 Å². The Balaban J connectivity index is 2.29. The van der Waals surface area contributed by atoms with Gasteiger partial charge in [0.2, 0.25) is 0 Å². The van der Waals surface area contributed by atoms with Gasteiger partial charge in [-0.3, -0.25) is 0 Å². The van der Waals surface area contributed by atoms with Gasteiger partial charge in [0, 0.05) is 19.7 Å². The van der Waals surface area contributed by atoms with Crippen molar-refractivity contribution in [2.75, 3.05) is 11.9 Å². The summed E-state index contributed by atoms with van der Waals surface area (Å²) in [5.74, 6) is 0.808. The summed E-state index contributed by atoms with van der Waals surface area (Å²) in [5.41, 5.74) is 0.930. The lowest BCUT2D eigenvalue weighted by atomic mass is 10.1. The molecule has 22 heavy (non-hydrogen) atoms. The van der Waals surface area contributed by atoms with E-state index in [2.05, 4.69) is 55.4 Å². The van der Waals surface area contributed by atoms with Crippen molar-refractivity contribution < 1.29 is 5.11 Å². The number of fused-ring (bicyclic) bond motifs is 3. The quantitative estimate of drug-likeness (QED) is 0.574. The van der Waals surface area contributed by atoms with Crippen molar-refractivity contribution in [3.05, 3.63) is 45.3 Å². The molecule has 0 aliphatic carbocycles. The lowest BCUT2D eigenvalue weighted by Crippen LogP contribution is -2.23. The Labute approximate surface area is 146 Å². The second-order valence-electron chi connectivity index (χ2n) is 5.24. The standard InChI is InChI=1S/C17H16Br2N2O/c1-2-12(9-22)20-17-15-7-10(18)3-5-13(15)14-6-4-11(19)8-16(14)21-17/h3-8,12,22H,2,9H2,1H3,(H,20,21)/t12-/m1/s1. The molecule has 3 rings (SSSR count). The van der Waals surface area contributed by atoms with Gasteiger partial charge in [-0.2, -0.15) is 0 Å². The maximum absolute atomic E-state index is 9.46. The van der Waals surface area contributed by atoms with Crippen molar-refractivity contribution in [2.24, 2.45) is 0 Å². The van der Waals surface area contributed by atoms with Gasteiger partial charge in [0.05, 0.1) is 18.2 Å². The fraction of sp³-hybridized carbons (Fsp3) is 0.235. The third kappa shape index (κ3) is 2.98. The molecule has 114 valence electrons. The van der Waals surface area contributed by atoms with Gasteiger partial charge in [-0.15, -0.1) is 0 Å². The van der Waals surface area contributed by atoms with E-state index in [1.165, 1.54) is 0 Å². The van der Waals surface area contributed by atoms with Crippen LogP contribution in [-0.4, -0.2) is 22.7 Å². The first kappa shape index (κ1) is 15.7. The second-order valence-corrected chi connectivity index (χ2v) is 7.08. The molecule has 2 aromatic carbocycles. The minimum absolute atomic E-state index is 0.000662. The third-order valence-electron chi connectivity index (χ3n) is 3.77. The van der Waals surface area contributed by atoms with Crippen LogP contribution in [0.5, 0.6) is 0 Å². The average molecular weight is 424 g/mol. The molecule has 0 saturated carbocycles. The molecule has 0 amide bonds. The van der Waals surface area contributed by atoms with E-state index < -0.39 is 0 Å². The third-order valence-corrected chi connectivity index (χ3v) is 4.76. The van der Waals surface area contributed by atoms with Crippen LogP contribution in [0.25, 0.3) is 21.7 Å². The molecule has 0 fully saturated rings. The predicted molar refractivity (Wildman–Crippen MR) is 99.4 cm³/mol. The second kappa shape index (κ2) is 6.52. The highest BCUT2D eigenvalue weighted by Crippen LogP contribution is 2.33. The summed E-state index contributed by atoms with van der Waals surface area (Å²) in [4.78, 5) is 4.77. The summed E-state index contributed by atoms with van der Waals surface area (Å²) in [6.45, 7) is 2.13. The molecule has 0 radical (unpaired) electrons. The number of hydrogen-bond acceptors (Lipinski definition) is 3. The lowest BCUT2D eigenvalue weighted by molar-refractivity contribution is 0.271. The number of rotatable bonds is 4. The molecule has 0 unspecified atom stereocenters. The topological polar surface area (TPSA) is 45.1 Å². The Bertz CT molecular complexity index is 832. The number of aliphatic hydroxyl groups is 1. The van der Waals surface area contributed by atoms with E-state index >= 15 is 0 Å². The van der Waals surface area contributed by atoms with Crippen LogP contribution in [0.4, 0.5) is 5.82 Å². The maximum Gasteiger partial charge on any atom is 0.134 e. The predicted octanol–water partition coefficient (Wildman–Crippen LogP) is 5.10. The fourth-order valence-corrected chi connectivity index (χ4v) is 3.24. The Morgan fingerprint density at radius 1 is 1.05 bits per heavy atom. The molecule has 5 heteroatoms. The average Bonchev–Trinajstić information content (AvgIpc) is 2.52. The van der Waals surface area contributed by atoms with Crippen molar-refractivity contribution in [1.29, 1.82) is 0 Å². The smallest absolute Gasteiger partial charge is 0.134 e. The van der Waals surface area contributed by atoms with Gasteiger partial charge >= 0.3 is 0 Å². The number of nitrogens with one attached hydrogen (secondary N) is 1. The van der Waals surface area contributed by atoms with Gasteiger partial charge < -0.3 is 10.4 Å². The normalized spacial score (nSPS) is 12.7. The Hall–Kier alpha value is -1.17. The van der Waals surface area contributed by atoms with E-state index in [4.69, 9.17) is 4.98 Å². The number of benzene rings is 2. The number of aliphatic hydroxyl groups excluding tert-OH is 1. The van der Waals surface area contributed by atoms with Crippen LogP contribution < -0.4 is 5.32 Å². The number of halogens is 2. The number of pyridine rings is 1. The van der Waals surface area contributed by atoms with Gasteiger partial charge in [-0.1, -0.05) is 50.9 Å². The van der Waals surface area contributed by atoms with Crippen LogP contribution >= 0.6 is 31.9 Å². The highest BCUT2D eigenvalue weighted by atomic mass is 79.9. The Kier molecular flexibility index (Phi) is 4.66. The Morgan fingerprint density at radius 3 is 2.41 bits per heavy atom.